The van der Waals surface area contributed by atoms with Crippen molar-refractivity contribution in [2.75, 3.05) is 5.32 Å². The van der Waals surface area contributed by atoms with Crippen LogP contribution in [0.25, 0.3) is 0 Å². The first kappa shape index (κ1) is 15.0. The number of nitrogens with one attached hydrogen (secondary N) is 1. The number of carboxylic acids is 1. The molecule has 0 spiro atoms. The molecular weight excluding hydrogens is 275 g/mol. The SMILES string of the molecule is N#Cc1ccc(NC(=O)C2CCC(C(=O)O)CC2)c(F)c1. The van der Waals surface area contributed by atoms with Crippen LogP contribution in [0, 0.1) is 29.0 Å². The summed E-state index contributed by atoms with van der Waals surface area (Å²) in [7, 11) is 0. The lowest BCUT2D eigenvalue weighted by Crippen LogP contribution is -2.29. The molecule has 0 bridgehead atoms. The van der Waals surface area contributed by atoms with E-state index in [9.17, 15) is 14.0 Å². The zero-order chi connectivity index (χ0) is 15.4. The summed E-state index contributed by atoms with van der Waals surface area (Å²) in [4.78, 5) is 22.9. The van der Waals surface area contributed by atoms with Gasteiger partial charge in [0.1, 0.15) is 5.82 Å². The Bertz CT molecular complexity index is 601. The van der Waals surface area contributed by atoms with Crippen molar-refractivity contribution in [3.8, 4) is 6.07 Å². The predicted octanol–water partition coefficient (Wildman–Crippen LogP) is 2.53. The molecule has 0 atom stereocenters. The average Bonchev–Trinajstić information content (AvgIpc) is 2.49. The van der Waals surface area contributed by atoms with Crippen LogP contribution in [-0.4, -0.2) is 17.0 Å². The normalized spacial score (nSPS) is 21.3. The van der Waals surface area contributed by atoms with E-state index in [-0.39, 0.29) is 29.0 Å². The number of rotatable bonds is 3. The molecule has 0 radical (unpaired) electrons. The molecular formula is C15H15FN2O3. The van der Waals surface area contributed by atoms with Gasteiger partial charge in [0.15, 0.2) is 0 Å². The summed E-state index contributed by atoms with van der Waals surface area (Å²) >= 11 is 0. The van der Waals surface area contributed by atoms with Gasteiger partial charge in [-0.05, 0) is 43.9 Å². The first-order valence-corrected chi connectivity index (χ1v) is 6.74. The quantitative estimate of drug-likeness (QED) is 0.895. The number of benzene rings is 1. The average molecular weight is 290 g/mol. The lowest BCUT2D eigenvalue weighted by atomic mass is 9.81. The Labute approximate surface area is 121 Å². The smallest absolute Gasteiger partial charge is 0.306 e. The highest BCUT2D eigenvalue weighted by molar-refractivity contribution is 5.92. The van der Waals surface area contributed by atoms with Gasteiger partial charge in [0.25, 0.3) is 0 Å². The van der Waals surface area contributed by atoms with Crippen molar-refractivity contribution in [2.45, 2.75) is 25.7 Å². The molecule has 2 rings (SSSR count). The van der Waals surface area contributed by atoms with E-state index in [1.165, 1.54) is 12.1 Å². The highest BCUT2D eigenvalue weighted by Crippen LogP contribution is 2.30. The van der Waals surface area contributed by atoms with E-state index < -0.39 is 11.8 Å². The third-order valence-corrected chi connectivity index (χ3v) is 3.80. The van der Waals surface area contributed by atoms with Gasteiger partial charge < -0.3 is 10.4 Å². The van der Waals surface area contributed by atoms with Crippen LogP contribution in [-0.2, 0) is 9.59 Å². The van der Waals surface area contributed by atoms with E-state index in [4.69, 9.17) is 10.4 Å². The molecule has 0 aromatic heterocycles. The van der Waals surface area contributed by atoms with Crippen molar-refractivity contribution in [1.29, 1.82) is 5.26 Å². The maximum absolute atomic E-state index is 13.7. The Balaban J connectivity index is 1.97. The predicted molar refractivity (Wildman–Crippen MR) is 72.8 cm³/mol. The van der Waals surface area contributed by atoms with Gasteiger partial charge in [0, 0.05) is 5.92 Å². The topological polar surface area (TPSA) is 90.2 Å². The van der Waals surface area contributed by atoms with Gasteiger partial charge in [0.2, 0.25) is 5.91 Å². The number of halogens is 1. The highest BCUT2D eigenvalue weighted by atomic mass is 19.1. The van der Waals surface area contributed by atoms with Crippen LogP contribution in [0.4, 0.5) is 10.1 Å². The third kappa shape index (κ3) is 3.57. The molecule has 21 heavy (non-hydrogen) atoms. The van der Waals surface area contributed by atoms with Crippen LogP contribution in [0.5, 0.6) is 0 Å². The number of hydrogen-bond donors (Lipinski definition) is 2. The lowest BCUT2D eigenvalue weighted by Gasteiger charge is -2.25. The van der Waals surface area contributed by atoms with Crippen molar-refractivity contribution in [3.63, 3.8) is 0 Å². The summed E-state index contributed by atoms with van der Waals surface area (Å²) in [6, 6.07) is 5.67. The van der Waals surface area contributed by atoms with Crippen molar-refractivity contribution in [3.05, 3.63) is 29.6 Å². The minimum Gasteiger partial charge on any atom is -0.481 e. The van der Waals surface area contributed by atoms with Crippen molar-refractivity contribution >= 4 is 17.6 Å². The summed E-state index contributed by atoms with van der Waals surface area (Å²) in [6.45, 7) is 0. The molecule has 1 amide bonds. The highest BCUT2D eigenvalue weighted by Gasteiger charge is 2.29. The van der Waals surface area contributed by atoms with Crippen molar-refractivity contribution in [1.82, 2.24) is 0 Å². The largest absolute Gasteiger partial charge is 0.481 e. The first-order chi connectivity index (χ1) is 10.0. The Morgan fingerprint density at radius 3 is 2.38 bits per heavy atom. The lowest BCUT2D eigenvalue weighted by molar-refractivity contribution is -0.143. The Morgan fingerprint density at radius 2 is 1.86 bits per heavy atom. The number of amides is 1. The van der Waals surface area contributed by atoms with Gasteiger partial charge >= 0.3 is 5.97 Å². The summed E-state index contributed by atoms with van der Waals surface area (Å²) in [6.07, 6.45) is 1.90. The Hall–Kier alpha value is -2.42. The Morgan fingerprint density at radius 1 is 1.24 bits per heavy atom. The number of aliphatic carboxylic acids is 1. The fourth-order valence-corrected chi connectivity index (χ4v) is 2.52. The van der Waals surface area contributed by atoms with Crippen molar-refractivity contribution in [2.24, 2.45) is 11.8 Å². The van der Waals surface area contributed by atoms with Crippen LogP contribution >= 0.6 is 0 Å². The number of carbonyl (C=O) groups excluding carboxylic acids is 1. The molecule has 1 aliphatic carbocycles. The maximum Gasteiger partial charge on any atom is 0.306 e. The van der Waals surface area contributed by atoms with Crippen LogP contribution in [0.15, 0.2) is 18.2 Å². The molecule has 0 heterocycles. The molecule has 2 N–H and O–H groups in total. The van der Waals surface area contributed by atoms with Gasteiger partial charge in [-0.1, -0.05) is 0 Å². The number of nitrogens with zero attached hydrogens (tertiary/aromatic N) is 1. The zero-order valence-corrected chi connectivity index (χ0v) is 11.3. The molecule has 0 aliphatic heterocycles. The van der Waals surface area contributed by atoms with E-state index in [1.807, 2.05) is 6.07 Å². The van der Waals surface area contributed by atoms with E-state index in [2.05, 4.69) is 5.32 Å². The van der Waals surface area contributed by atoms with Crippen LogP contribution in [0.1, 0.15) is 31.2 Å². The van der Waals surface area contributed by atoms with Crippen molar-refractivity contribution < 1.29 is 19.1 Å². The molecule has 0 saturated heterocycles. The molecule has 1 saturated carbocycles. The minimum atomic E-state index is -0.827. The van der Waals surface area contributed by atoms with Gasteiger partial charge in [-0.25, -0.2) is 4.39 Å². The van der Waals surface area contributed by atoms with Gasteiger partial charge in [-0.2, -0.15) is 5.26 Å². The maximum atomic E-state index is 13.7. The fourth-order valence-electron chi connectivity index (χ4n) is 2.52. The molecule has 1 fully saturated rings. The van der Waals surface area contributed by atoms with Crippen LogP contribution in [0.3, 0.4) is 0 Å². The minimum absolute atomic E-state index is 0.0411. The van der Waals surface area contributed by atoms with Gasteiger partial charge in [-0.15, -0.1) is 0 Å². The van der Waals surface area contributed by atoms with E-state index in [0.717, 1.165) is 6.07 Å². The second-order valence-corrected chi connectivity index (χ2v) is 5.18. The number of carbonyl (C=O) groups is 2. The molecule has 1 aromatic rings. The zero-order valence-electron chi connectivity index (χ0n) is 11.3. The Kier molecular flexibility index (Phi) is 4.53. The molecule has 110 valence electrons. The third-order valence-electron chi connectivity index (χ3n) is 3.80. The first-order valence-electron chi connectivity index (χ1n) is 6.74. The van der Waals surface area contributed by atoms with Crippen LogP contribution in [0.2, 0.25) is 0 Å². The van der Waals surface area contributed by atoms with Gasteiger partial charge in [0.05, 0.1) is 23.2 Å². The summed E-state index contributed by atoms with van der Waals surface area (Å²) in [5, 5.41) is 20.1. The molecule has 1 aliphatic rings. The monoisotopic (exact) mass is 290 g/mol. The van der Waals surface area contributed by atoms with Crippen LogP contribution < -0.4 is 5.32 Å². The fraction of sp³-hybridized carbons (Fsp3) is 0.400. The van der Waals surface area contributed by atoms with Gasteiger partial charge in [-0.3, -0.25) is 9.59 Å². The number of anilines is 1. The van der Waals surface area contributed by atoms with E-state index in [1.54, 1.807) is 0 Å². The second-order valence-electron chi connectivity index (χ2n) is 5.18. The molecule has 5 nitrogen and oxygen atoms in total. The number of nitriles is 1. The van der Waals surface area contributed by atoms with E-state index in [0.29, 0.717) is 25.7 Å². The summed E-state index contributed by atoms with van der Waals surface area (Å²) < 4.78 is 13.7. The summed E-state index contributed by atoms with van der Waals surface area (Å²) in [5.41, 5.74) is 0.229. The van der Waals surface area contributed by atoms with E-state index >= 15 is 0 Å². The molecule has 6 heteroatoms. The standard InChI is InChI=1S/C15H15FN2O3/c16-12-7-9(8-17)1-6-13(12)18-14(19)10-2-4-11(5-3-10)15(20)21/h1,6-7,10-11H,2-5H2,(H,18,19)(H,20,21). The molecule has 1 aromatic carbocycles. The summed E-state index contributed by atoms with van der Waals surface area (Å²) in [5.74, 6) is -2.47. The second kappa shape index (κ2) is 6.35. The number of carboxylic acid groups (broad SMARTS) is 1. The number of hydrogen-bond acceptors (Lipinski definition) is 3. The molecule has 0 unspecified atom stereocenters.